The third-order valence-corrected chi connectivity index (χ3v) is 4.47. The van der Waals surface area contributed by atoms with E-state index in [1.807, 2.05) is 0 Å². The Labute approximate surface area is 182 Å². The molecule has 2 aromatic carbocycles. The molecule has 3 aromatic rings. The van der Waals surface area contributed by atoms with E-state index >= 15 is 0 Å². The molecule has 31 heavy (non-hydrogen) atoms. The summed E-state index contributed by atoms with van der Waals surface area (Å²) in [5.74, 6) is -1.42. The van der Waals surface area contributed by atoms with Gasteiger partial charge >= 0.3 is 11.9 Å². The van der Waals surface area contributed by atoms with Gasteiger partial charge in [-0.05, 0) is 36.4 Å². The number of anilines is 1. The van der Waals surface area contributed by atoms with Crippen LogP contribution in [0.3, 0.4) is 0 Å². The minimum Gasteiger partial charge on any atom is -0.470 e. The van der Waals surface area contributed by atoms with Crippen molar-refractivity contribution in [3.05, 3.63) is 76.6 Å². The lowest BCUT2D eigenvalue weighted by molar-refractivity contribution is 0.0599. The van der Waals surface area contributed by atoms with Gasteiger partial charge in [0, 0.05) is 11.9 Å². The summed E-state index contributed by atoms with van der Waals surface area (Å²) in [6.45, 7) is -0.0604. The van der Waals surface area contributed by atoms with Gasteiger partial charge < -0.3 is 19.5 Å². The Kier molecular flexibility index (Phi) is 6.88. The first-order chi connectivity index (χ1) is 14.9. The molecule has 0 unspecified atom stereocenters. The molecule has 0 saturated heterocycles. The summed E-state index contributed by atoms with van der Waals surface area (Å²) >= 11 is 6.07. The first-order valence-electron chi connectivity index (χ1n) is 8.95. The molecule has 0 spiro atoms. The number of carbonyl (C=O) groups excluding carboxylic acids is 3. The molecule has 0 atom stereocenters. The Hall–Kier alpha value is -3.85. The number of methoxy groups -OCH3 is 2. The Morgan fingerprint density at radius 1 is 1.00 bits per heavy atom. The van der Waals surface area contributed by atoms with Crippen LogP contribution in [0.25, 0.3) is 0 Å². The number of halogens is 1. The standard InChI is InChI=1S/C21H18ClN3O6/c1-29-20(27)13-9-14(21(28)30-2)11-15(10-13)24-19(26)17-7-8-23-25(17)12-31-18-6-4-3-5-16(18)22/h3-11H,12H2,1-2H3,(H,24,26). The lowest BCUT2D eigenvalue weighted by atomic mass is 10.1. The molecule has 0 radical (unpaired) electrons. The highest BCUT2D eigenvalue weighted by molar-refractivity contribution is 6.32. The number of esters is 2. The number of hydrogen-bond donors (Lipinski definition) is 1. The number of amides is 1. The topological polar surface area (TPSA) is 109 Å². The number of ether oxygens (including phenoxy) is 3. The lowest BCUT2D eigenvalue weighted by Crippen LogP contribution is -2.20. The van der Waals surface area contributed by atoms with Crippen molar-refractivity contribution in [1.82, 2.24) is 9.78 Å². The maximum atomic E-state index is 12.8. The Bertz CT molecular complexity index is 1090. The molecule has 0 bridgehead atoms. The van der Waals surface area contributed by atoms with E-state index in [0.29, 0.717) is 10.8 Å². The smallest absolute Gasteiger partial charge is 0.337 e. The second kappa shape index (κ2) is 9.77. The first-order valence-corrected chi connectivity index (χ1v) is 9.33. The Balaban J connectivity index is 1.80. The lowest BCUT2D eigenvalue weighted by Gasteiger charge is -2.12. The van der Waals surface area contributed by atoms with Crippen molar-refractivity contribution in [2.24, 2.45) is 0 Å². The second-order valence-corrected chi connectivity index (χ2v) is 6.56. The average Bonchev–Trinajstić information content (AvgIpc) is 3.26. The predicted octanol–water partition coefficient (Wildman–Crippen LogP) is 3.40. The van der Waals surface area contributed by atoms with Crippen molar-refractivity contribution in [1.29, 1.82) is 0 Å². The van der Waals surface area contributed by atoms with Crippen LogP contribution < -0.4 is 10.1 Å². The Morgan fingerprint density at radius 2 is 1.65 bits per heavy atom. The zero-order valence-electron chi connectivity index (χ0n) is 16.6. The molecular formula is C21H18ClN3O6. The van der Waals surface area contributed by atoms with Gasteiger partial charge in [-0.3, -0.25) is 4.79 Å². The van der Waals surface area contributed by atoms with Crippen LogP contribution in [0, 0.1) is 0 Å². The van der Waals surface area contributed by atoms with Crippen LogP contribution in [-0.4, -0.2) is 41.8 Å². The van der Waals surface area contributed by atoms with Gasteiger partial charge in [0.15, 0.2) is 6.73 Å². The molecule has 3 rings (SSSR count). The van der Waals surface area contributed by atoms with Gasteiger partial charge in [0.2, 0.25) is 0 Å². The quantitative estimate of drug-likeness (QED) is 0.557. The number of benzene rings is 2. The summed E-state index contributed by atoms with van der Waals surface area (Å²) in [4.78, 5) is 36.6. The normalized spacial score (nSPS) is 10.3. The van der Waals surface area contributed by atoms with Gasteiger partial charge in [-0.15, -0.1) is 0 Å². The molecule has 1 aromatic heterocycles. The molecule has 10 heteroatoms. The molecule has 0 aliphatic carbocycles. The van der Waals surface area contributed by atoms with E-state index in [1.165, 1.54) is 49.4 Å². The largest absolute Gasteiger partial charge is 0.470 e. The molecule has 0 aliphatic heterocycles. The maximum absolute atomic E-state index is 12.8. The van der Waals surface area contributed by atoms with Crippen LogP contribution in [0.1, 0.15) is 31.2 Å². The third kappa shape index (κ3) is 5.20. The van der Waals surface area contributed by atoms with Crippen molar-refractivity contribution in [2.75, 3.05) is 19.5 Å². The zero-order valence-corrected chi connectivity index (χ0v) is 17.4. The van der Waals surface area contributed by atoms with Crippen molar-refractivity contribution in [3.63, 3.8) is 0 Å². The van der Waals surface area contributed by atoms with Gasteiger partial charge in [-0.25, -0.2) is 14.3 Å². The molecular weight excluding hydrogens is 426 g/mol. The number of nitrogens with zero attached hydrogens (tertiary/aromatic N) is 2. The van der Waals surface area contributed by atoms with E-state index < -0.39 is 17.8 Å². The monoisotopic (exact) mass is 443 g/mol. The molecule has 160 valence electrons. The fraction of sp³-hybridized carbons (Fsp3) is 0.143. The van der Waals surface area contributed by atoms with Gasteiger partial charge in [-0.2, -0.15) is 5.10 Å². The number of carbonyl (C=O) groups is 3. The van der Waals surface area contributed by atoms with Crippen LogP contribution in [0.2, 0.25) is 5.02 Å². The third-order valence-electron chi connectivity index (χ3n) is 4.16. The highest BCUT2D eigenvalue weighted by atomic mass is 35.5. The minimum absolute atomic E-state index is 0.0604. The van der Waals surface area contributed by atoms with E-state index in [0.717, 1.165) is 0 Å². The van der Waals surface area contributed by atoms with E-state index in [9.17, 15) is 14.4 Å². The summed E-state index contributed by atoms with van der Waals surface area (Å²) in [5.41, 5.74) is 0.552. The van der Waals surface area contributed by atoms with Crippen molar-refractivity contribution >= 4 is 35.1 Å². The van der Waals surface area contributed by atoms with Crippen LogP contribution in [-0.2, 0) is 16.2 Å². The average molecular weight is 444 g/mol. The number of aromatic nitrogens is 2. The van der Waals surface area contributed by atoms with Crippen molar-refractivity contribution < 1.29 is 28.6 Å². The molecule has 1 amide bonds. The van der Waals surface area contributed by atoms with E-state index in [1.54, 1.807) is 24.3 Å². The minimum atomic E-state index is -0.667. The van der Waals surface area contributed by atoms with Crippen LogP contribution in [0.5, 0.6) is 5.75 Å². The molecule has 1 N–H and O–H groups in total. The molecule has 0 fully saturated rings. The highest BCUT2D eigenvalue weighted by Gasteiger charge is 2.17. The number of rotatable bonds is 7. The fourth-order valence-electron chi connectivity index (χ4n) is 2.69. The zero-order chi connectivity index (χ0) is 22.4. The molecule has 0 aliphatic rings. The molecule has 1 heterocycles. The van der Waals surface area contributed by atoms with E-state index in [4.69, 9.17) is 25.8 Å². The first kappa shape index (κ1) is 21.8. The summed E-state index contributed by atoms with van der Waals surface area (Å²) < 4.78 is 16.3. The van der Waals surface area contributed by atoms with Crippen LogP contribution in [0.15, 0.2) is 54.7 Å². The summed E-state index contributed by atoms with van der Waals surface area (Å²) in [6, 6.07) is 12.5. The van der Waals surface area contributed by atoms with Crippen molar-refractivity contribution in [2.45, 2.75) is 6.73 Å². The second-order valence-electron chi connectivity index (χ2n) is 6.16. The van der Waals surface area contributed by atoms with E-state index in [2.05, 4.69) is 10.4 Å². The number of para-hydroxylation sites is 1. The van der Waals surface area contributed by atoms with E-state index in [-0.39, 0.29) is 29.2 Å². The molecule has 0 saturated carbocycles. The van der Waals surface area contributed by atoms with Gasteiger partial charge in [0.05, 0.1) is 30.4 Å². The highest BCUT2D eigenvalue weighted by Crippen LogP contribution is 2.23. The number of hydrogen-bond acceptors (Lipinski definition) is 7. The van der Waals surface area contributed by atoms with Crippen molar-refractivity contribution in [3.8, 4) is 5.75 Å². The number of nitrogens with one attached hydrogen (secondary N) is 1. The van der Waals surface area contributed by atoms with Gasteiger partial charge in [0.25, 0.3) is 5.91 Å². The molecule has 9 nitrogen and oxygen atoms in total. The van der Waals surface area contributed by atoms with Gasteiger partial charge in [-0.1, -0.05) is 23.7 Å². The maximum Gasteiger partial charge on any atom is 0.337 e. The van der Waals surface area contributed by atoms with Gasteiger partial charge in [0.1, 0.15) is 11.4 Å². The van der Waals surface area contributed by atoms with Crippen LogP contribution in [0.4, 0.5) is 5.69 Å². The fourth-order valence-corrected chi connectivity index (χ4v) is 2.88. The summed E-state index contributed by atoms with van der Waals surface area (Å²) in [5, 5.41) is 7.14. The predicted molar refractivity (Wildman–Crippen MR) is 111 cm³/mol. The SMILES string of the molecule is COC(=O)c1cc(NC(=O)c2ccnn2COc2ccccc2Cl)cc(C(=O)OC)c1. The Morgan fingerprint density at radius 3 is 2.26 bits per heavy atom. The summed E-state index contributed by atoms with van der Waals surface area (Å²) in [7, 11) is 2.42. The summed E-state index contributed by atoms with van der Waals surface area (Å²) in [6.07, 6.45) is 1.44. The van der Waals surface area contributed by atoms with Crippen LogP contribution >= 0.6 is 11.6 Å².